The smallest absolute Gasteiger partial charge is 0.238 e. The molecule has 2 rings (SSSR count). The van der Waals surface area contributed by atoms with Gasteiger partial charge in [-0.25, -0.2) is 13.6 Å². The van der Waals surface area contributed by atoms with Gasteiger partial charge in [0.25, 0.3) is 0 Å². The average Bonchev–Trinajstić information content (AvgIpc) is 2.74. The number of nitrogens with two attached hydrogens (primary N) is 1. The average molecular weight is 299 g/mol. The van der Waals surface area contributed by atoms with E-state index in [1.807, 2.05) is 6.92 Å². The zero-order valence-corrected chi connectivity index (χ0v) is 12.9. The third kappa shape index (κ3) is 3.50. The van der Waals surface area contributed by atoms with E-state index in [2.05, 4.69) is 6.92 Å². The number of ether oxygens (including phenoxy) is 2. The molecule has 1 aliphatic rings. The molecular formula is C14H21NO4S. The summed E-state index contributed by atoms with van der Waals surface area (Å²) in [5.74, 6) is 0.679. The Morgan fingerprint density at radius 2 is 2.00 bits per heavy atom. The highest BCUT2D eigenvalue weighted by Gasteiger charge is 2.22. The molecule has 0 radical (unpaired) electrons. The molecule has 2 unspecified atom stereocenters. The van der Waals surface area contributed by atoms with Crippen molar-refractivity contribution in [3.05, 3.63) is 23.3 Å². The highest BCUT2D eigenvalue weighted by molar-refractivity contribution is 7.89. The number of hydrogen-bond donors (Lipinski definition) is 1. The topological polar surface area (TPSA) is 78.6 Å². The van der Waals surface area contributed by atoms with Crippen LogP contribution < -0.4 is 9.88 Å². The van der Waals surface area contributed by atoms with E-state index >= 15 is 0 Å². The standard InChI is InChI=1S/C14H21NO4S/c1-9-7-14(20(15,16)17)10(2)6-13(9)18-8-12-5-4-11(3)19-12/h6-7,11-12H,4-5,8H2,1-3H3,(H2,15,16,17). The summed E-state index contributed by atoms with van der Waals surface area (Å²) in [4.78, 5) is 0.146. The second-order valence-corrected chi connectivity index (χ2v) is 6.92. The Bertz CT molecular complexity index is 597. The number of rotatable bonds is 4. The first-order valence-corrected chi connectivity index (χ1v) is 8.24. The van der Waals surface area contributed by atoms with E-state index in [-0.39, 0.29) is 17.1 Å². The van der Waals surface area contributed by atoms with Crippen molar-refractivity contribution in [2.24, 2.45) is 5.14 Å². The van der Waals surface area contributed by atoms with Crippen LogP contribution in [0.3, 0.4) is 0 Å². The second kappa shape index (κ2) is 5.71. The van der Waals surface area contributed by atoms with Gasteiger partial charge in [-0.1, -0.05) is 0 Å². The van der Waals surface area contributed by atoms with Gasteiger partial charge in [0, 0.05) is 0 Å². The van der Waals surface area contributed by atoms with Crippen LogP contribution in [-0.2, 0) is 14.8 Å². The van der Waals surface area contributed by atoms with Crippen LogP contribution in [0.15, 0.2) is 17.0 Å². The molecule has 0 aromatic heterocycles. The zero-order chi connectivity index (χ0) is 14.9. The summed E-state index contributed by atoms with van der Waals surface area (Å²) in [7, 11) is -3.69. The van der Waals surface area contributed by atoms with Crippen molar-refractivity contribution in [1.82, 2.24) is 0 Å². The molecule has 0 saturated carbocycles. The molecule has 20 heavy (non-hydrogen) atoms. The van der Waals surface area contributed by atoms with Gasteiger partial charge >= 0.3 is 0 Å². The van der Waals surface area contributed by atoms with Crippen molar-refractivity contribution in [1.29, 1.82) is 0 Å². The van der Waals surface area contributed by atoms with Gasteiger partial charge in [0.1, 0.15) is 12.4 Å². The Kier molecular flexibility index (Phi) is 4.36. The van der Waals surface area contributed by atoms with Crippen LogP contribution in [0.5, 0.6) is 5.75 Å². The lowest BCUT2D eigenvalue weighted by molar-refractivity contribution is 0.0263. The third-order valence-electron chi connectivity index (χ3n) is 3.52. The van der Waals surface area contributed by atoms with Gasteiger partial charge in [-0.15, -0.1) is 0 Å². The highest BCUT2D eigenvalue weighted by atomic mass is 32.2. The number of benzene rings is 1. The van der Waals surface area contributed by atoms with Gasteiger partial charge in [-0.2, -0.15) is 0 Å². The fraction of sp³-hybridized carbons (Fsp3) is 0.571. The predicted molar refractivity (Wildman–Crippen MR) is 76.4 cm³/mol. The van der Waals surface area contributed by atoms with E-state index in [1.54, 1.807) is 19.1 Å². The summed E-state index contributed by atoms with van der Waals surface area (Å²) in [6, 6.07) is 3.27. The molecule has 5 nitrogen and oxygen atoms in total. The molecule has 1 heterocycles. The summed E-state index contributed by atoms with van der Waals surface area (Å²) in [6.07, 6.45) is 2.45. The maximum atomic E-state index is 11.4. The monoisotopic (exact) mass is 299 g/mol. The zero-order valence-electron chi connectivity index (χ0n) is 12.0. The van der Waals surface area contributed by atoms with Crippen molar-refractivity contribution in [2.45, 2.75) is 50.7 Å². The quantitative estimate of drug-likeness (QED) is 0.921. The van der Waals surface area contributed by atoms with Crippen molar-refractivity contribution in [2.75, 3.05) is 6.61 Å². The molecule has 2 atom stereocenters. The minimum Gasteiger partial charge on any atom is -0.491 e. The lowest BCUT2D eigenvalue weighted by Crippen LogP contribution is -2.19. The lowest BCUT2D eigenvalue weighted by Gasteiger charge is -2.16. The van der Waals surface area contributed by atoms with Gasteiger partial charge in [0.2, 0.25) is 10.0 Å². The lowest BCUT2D eigenvalue weighted by atomic mass is 10.1. The molecule has 6 heteroatoms. The van der Waals surface area contributed by atoms with Crippen LogP contribution in [0.25, 0.3) is 0 Å². The maximum Gasteiger partial charge on any atom is 0.238 e. The summed E-state index contributed by atoms with van der Waals surface area (Å²) in [5.41, 5.74) is 1.35. The van der Waals surface area contributed by atoms with Gasteiger partial charge in [0.15, 0.2) is 0 Å². The Balaban J connectivity index is 2.11. The molecule has 112 valence electrons. The van der Waals surface area contributed by atoms with Gasteiger partial charge < -0.3 is 9.47 Å². The van der Waals surface area contributed by atoms with Crippen LogP contribution in [-0.4, -0.2) is 27.2 Å². The third-order valence-corrected chi connectivity index (χ3v) is 4.58. The maximum absolute atomic E-state index is 11.4. The molecule has 1 aromatic rings. The first-order valence-electron chi connectivity index (χ1n) is 6.69. The van der Waals surface area contributed by atoms with E-state index in [9.17, 15) is 8.42 Å². The largest absolute Gasteiger partial charge is 0.491 e. The van der Waals surface area contributed by atoms with Crippen LogP contribution in [0.4, 0.5) is 0 Å². The molecule has 1 fully saturated rings. The molecule has 0 bridgehead atoms. The van der Waals surface area contributed by atoms with E-state index in [1.165, 1.54) is 0 Å². The van der Waals surface area contributed by atoms with Crippen molar-refractivity contribution in [3.63, 3.8) is 0 Å². The van der Waals surface area contributed by atoms with Crippen LogP contribution >= 0.6 is 0 Å². The molecule has 0 spiro atoms. The number of aryl methyl sites for hydroxylation is 2. The van der Waals surface area contributed by atoms with E-state index in [0.29, 0.717) is 17.9 Å². The predicted octanol–water partition coefficient (Wildman–Crippen LogP) is 1.90. The fourth-order valence-corrected chi connectivity index (χ4v) is 3.26. The van der Waals surface area contributed by atoms with Crippen LogP contribution in [0, 0.1) is 13.8 Å². The van der Waals surface area contributed by atoms with E-state index in [0.717, 1.165) is 18.4 Å². The Morgan fingerprint density at radius 1 is 1.30 bits per heavy atom. The number of hydrogen-bond acceptors (Lipinski definition) is 4. The summed E-state index contributed by atoms with van der Waals surface area (Å²) < 4.78 is 34.3. The summed E-state index contributed by atoms with van der Waals surface area (Å²) >= 11 is 0. The molecule has 0 aliphatic carbocycles. The van der Waals surface area contributed by atoms with Crippen LogP contribution in [0.1, 0.15) is 30.9 Å². The minimum absolute atomic E-state index is 0.114. The van der Waals surface area contributed by atoms with Crippen molar-refractivity contribution in [3.8, 4) is 5.75 Å². The first-order chi connectivity index (χ1) is 9.27. The Labute approximate surface area is 120 Å². The molecular weight excluding hydrogens is 278 g/mol. The highest BCUT2D eigenvalue weighted by Crippen LogP contribution is 2.26. The number of sulfonamides is 1. The summed E-state index contributed by atoms with van der Waals surface area (Å²) in [6.45, 7) is 6.05. The molecule has 0 amide bonds. The van der Waals surface area contributed by atoms with Gasteiger partial charge in [-0.3, -0.25) is 0 Å². The Morgan fingerprint density at radius 3 is 2.55 bits per heavy atom. The first kappa shape index (κ1) is 15.3. The number of primary sulfonamides is 1. The van der Waals surface area contributed by atoms with Gasteiger partial charge in [-0.05, 0) is 56.9 Å². The van der Waals surface area contributed by atoms with E-state index in [4.69, 9.17) is 14.6 Å². The normalized spacial score (nSPS) is 23.0. The molecule has 1 aliphatic heterocycles. The van der Waals surface area contributed by atoms with E-state index < -0.39 is 10.0 Å². The van der Waals surface area contributed by atoms with Crippen molar-refractivity contribution >= 4 is 10.0 Å². The molecule has 1 saturated heterocycles. The second-order valence-electron chi connectivity index (χ2n) is 5.39. The summed E-state index contributed by atoms with van der Waals surface area (Å²) in [5, 5.41) is 5.18. The SMILES string of the molecule is Cc1cc(S(N)(=O)=O)c(C)cc1OCC1CCC(C)O1. The molecule has 1 aromatic carbocycles. The Hall–Kier alpha value is -1.11. The van der Waals surface area contributed by atoms with Gasteiger partial charge in [0.05, 0.1) is 17.1 Å². The fourth-order valence-electron chi connectivity index (χ4n) is 2.42. The van der Waals surface area contributed by atoms with Crippen LogP contribution in [0.2, 0.25) is 0 Å². The minimum atomic E-state index is -3.69. The van der Waals surface area contributed by atoms with Crippen molar-refractivity contribution < 1.29 is 17.9 Å². The molecule has 2 N–H and O–H groups in total.